The molecule has 190 valence electrons. The highest BCUT2D eigenvalue weighted by atomic mass is 16.6. The van der Waals surface area contributed by atoms with Crippen LogP contribution in [0, 0.1) is 0 Å². The van der Waals surface area contributed by atoms with Crippen LogP contribution in [0.1, 0.15) is 55.5 Å². The van der Waals surface area contributed by atoms with E-state index in [0.29, 0.717) is 0 Å². The molecule has 0 saturated carbocycles. The molecule has 5 rings (SSSR count). The van der Waals surface area contributed by atoms with Crippen LogP contribution in [0.2, 0.25) is 0 Å². The van der Waals surface area contributed by atoms with Gasteiger partial charge in [0.25, 0.3) is 5.56 Å². The fraction of sp³-hybridized carbons (Fsp3) is 0.429. The predicted octanol–water partition coefficient (Wildman–Crippen LogP) is 3.00. The maximum atomic E-state index is 12.5. The van der Waals surface area contributed by atoms with Crippen LogP contribution in [0.15, 0.2) is 64.3 Å². The number of hydrogen-bond donors (Lipinski definition) is 3. The Morgan fingerprint density at radius 1 is 1.08 bits per heavy atom. The van der Waals surface area contributed by atoms with E-state index in [1.807, 2.05) is 30.3 Å². The molecule has 2 aliphatic heterocycles. The molecular weight excluding hydrogens is 460 g/mol. The number of aryl methyl sites for hydroxylation is 1. The number of ether oxygens (including phenoxy) is 2. The number of unbranched alkanes of at least 4 members (excludes halogenated alkanes) is 3. The SMILES string of the molecule is CCCCCCc1cc2c(c(-c3ccccc3)c1)[C@@]1(OC2)[C@H](O)CO[C@@H](n2ccc(=O)[nH]c2=O)[C@@H]1O. The van der Waals surface area contributed by atoms with Crippen LogP contribution in [-0.2, 0) is 28.1 Å². The molecule has 2 aromatic carbocycles. The fourth-order valence-electron chi connectivity index (χ4n) is 5.53. The largest absolute Gasteiger partial charge is 0.387 e. The van der Waals surface area contributed by atoms with Crippen molar-refractivity contribution in [3.63, 3.8) is 0 Å². The topological polar surface area (TPSA) is 114 Å². The van der Waals surface area contributed by atoms with Crippen molar-refractivity contribution >= 4 is 0 Å². The zero-order chi connectivity index (χ0) is 25.3. The zero-order valence-electron chi connectivity index (χ0n) is 20.4. The standard InChI is InChI=1S/C28H32N2O6/c1-2-3-4-6-9-18-14-20-16-36-28(24(20)21(15-18)19-10-7-5-8-11-19)22(31)17-35-26(25(28)33)30-13-12-23(32)29-27(30)34/h5,7-8,10-15,22,25-26,31,33H,2-4,6,9,16-17H2,1H3,(H,29,32,34)/t22-,25+,26-,28+/m1/s1. The highest BCUT2D eigenvalue weighted by Crippen LogP contribution is 2.51. The lowest BCUT2D eigenvalue weighted by atomic mass is 9.76. The molecule has 8 heteroatoms. The van der Waals surface area contributed by atoms with Crippen molar-refractivity contribution in [1.82, 2.24) is 9.55 Å². The number of aliphatic hydroxyl groups is 2. The third kappa shape index (κ3) is 4.24. The first-order valence-corrected chi connectivity index (χ1v) is 12.6. The van der Waals surface area contributed by atoms with Gasteiger partial charge in [0.2, 0.25) is 0 Å². The summed E-state index contributed by atoms with van der Waals surface area (Å²) in [7, 11) is 0. The number of fused-ring (bicyclic) bond motifs is 2. The third-order valence-electron chi connectivity index (χ3n) is 7.30. The first-order chi connectivity index (χ1) is 17.5. The van der Waals surface area contributed by atoms with Gasteiger partial charge in [-0.3, -0.25) is 14.3 Å². The maximum Gasteiger partial charge on any atom is 0.330 e. The van der Waals surface area contributed by atoms with E-state index in [1.54, 1.807) is 0 Å². The Morgan fingerprint density at radius 2 is 1.89 bits per heavy atom. The normalized spacial score (nSPS) is 25.2. The van der Waals surface area contributed by atoms with E-state index in [0.717, 1.165) is 39.7 Å². The van der Waals surface area contributed by atoms with Crippen LogP contribution >= 0.6 is 0 Å². The molecule has 8 nitrogen and oxygen atoms in total. The van der Waals surface area contributed by atoms with Crippen molar-refractivity contribution < 1.29 is 19.7 Å². The van der Waals surface area contributed by atoms with Gasteiger partial charge in [-0.25, -0.2) is 4.79 Å². The Kier molecular flexibility index (Phi) is 6.94. The number of aromatic amines is 1. The van der Waals surface area contributed by atoms with E-state index in [4.69, 9.17) is 9.47 Å². The summed E-state index contributed by atoms with van der Waals surface area (Å²) in [6.45, 7) is 2.26. The first kappa shape index (κ1) is 24.6. The fourth-order valence-corrected chi connectivity index (χ4v) is 5.53. The van der Waals surface area contributed by atoms with Gasteiger partial charge in [-0.15, -0.1) is 0 Å². The van der Waals surface area contributed by atoms with Crippen molar-refractivity contribution in [3.05, 3.63) is 92.3 Å². The number of nitrogens with zero attached hydrogens (tertiary/aromatic N) is 1. The van der Waals surface area contributed by atoms with E-state index in [1.165, 1.54) is 37.1 Å². The second-order valence-corrected chi connectivity index (χ2v) is 9.64. The molecule has 0 radical (unpaired) electrons. The highest BCUT2D eigenvalue weighted by molar-refractivity contribution is 5.72. The zero-order valence-corrected chi connectivity index (χ0v) is 20.4. The number of aliphatic hydroxyl groups excluding tert-OH is 2. The van der Waals surface area contributed by atoms with Crippen molar-refractivity contribution in [1.29, 1.82) is 0 Å². The van der Waals surface area contributed by atoms with E-state index in [9.17, 15) is 19.8 Å². The molecular formula is C28H32N2O6. The summed E-state index contributed by atoms with van der Waals surface area (Å²) in [6.07, 6.45) is 3.12. The van der Waals surface area contributed by atoms with Crippen LogP contribution < -0.4 is 11.2 Å². The van der Waals surface area contributed by atoms with Gasteiger partial charge in [0.1, 0.15) is 12.2 Å². The first-order valence-electron chi connectivity index (χ1n) is 12.6. The number of hydrogen-bond acceptors (Lipinski definition) is 6. The number of aromatic nitrogens is 2. The minimum absolute atomic E-state index is 0.153. The summed E-state index contributed by atoms with van der Waals surface area (Å²) >= 11 is 0. The van der Waals surface area contributed by atoms with Crippen LogP contribution in [-0.4, -0.2) is 38.6 Å². The smallest absolute Gasteiger partial charge is 0.330 e. The molecule has 3 aromatic rings. The molecule has 0 amide bonds. The van der Waals surface area contributed by atoms with Gasteiger partial charge in [-0.2, -0.15) is 0 Å². The molecule has 3 N–H and O–H groups in total. The summed E-state index contributed by atoms with van der Waals surface area (Å²) in [4.78, 5) is 26.3. The summed E-state index contributed by atoms with van der Waals surface area (Å²) in [5.41, 5.74) is 1.92. The van der Waals surface area contributed by atoms with Gasteiger partial charge in [0.15, 0.2) is 11.8 Å². The highest BCUT2D eigenvalue weighted by Gasteiger charge is 2.59. The molecule has 3 heterocycles. The Balaban J connectivity index is 1.62. The van der Waals surface area contributed by atoms with Gasteiger partial charge >= 0.3 is 5.69 Å². The minimum atomic E-state index is -1.50. The maximum absolute atomic E-state index is 12.5. The average Bonchev–Trinajstić information content (AvgIpc) is 3.27. The number of H-pyrrole nitrogens is 1. The Morgan fingerprint density at radius 3 is 2.64 bits per heavy atom. The number of benzene rings is 2. The Hall–Kier alpha value is -3.04. The number of nitrogens with one attached hydrogen (secondary N) is 1. The van der Waals surface area contributed by atoms with Crippen LogP contribution in [0.5, 0.6) is 0 Å². The van der Waals surface area contributed by atoms with Crippen molar-refractivity contribution in [3.8, 4) is 11.1 Å². The summed E-state index contributed by atoms with van der Waals surface area (Å²) in [5.74, 6) is 0. The van der Waals surface area contributed by atoms with Crippen molar-refractivity contribution in [2.24, 2.45) is 0 Å². The summed E-state index contributed by atoms with van der Waals surface area (Å²) in [5, 5.41) is 22.9. The lowest BCUT2D eigenvalue weighted by molar-refractivity contribution is -0.279. The lowest BCUT2D eigenvalue weighted by Gasteiger charge is -2.46. The van der Waals surface area contributed by atoms with E-state index >= 15 is 0 Å². The van der Waals surface area contributed by atoms with Crippen LogP contribution in [0.3, 0.4) is 0 Å². The average molecular weight is 493 g/mol. The summed E-state index contributed by atoms with van der Waals surface area (Å²) < 4.78 is 13.1. The minimum Gasteiger partial charge on any atom is -0.387 e. The van der Waals surface area contributed by atoms with Crippen molar-refractivity contribution in [2.75, 3.05) is 6.61 Å². The molecule has 4 atom stereocenters. The summed E-state index contributed by atoms with van der Waals surface area (Å²) in [6, 6.07) is 15.3. The molecule has 0 bridgehead atoms. The molecule has 1 saturated heterocycles. The Bertz CT molecular complexity index is 1330. The quantitative estimate of drug-likeness (QED) is 0.437. The van der Waals surface area contributed by atoms with Gasteiger partial charge in [0.05, 0.1) is 13.2 Å². The molecule has 1 fully saturated rings. The monoisotopic (exact) mass is 492 g/mol. The van der Waals surface area contributed by atoms with Gasteiger partial charge in [-0.1, -0.05) is 68.7 Å². The van der Waals surface area contributed by atoms with Gasteiger partial charge < -0.3 is 19.7 Å². The van der Waals surface area contributed by atoms with E-state index in [2.05, 4.69) is 24.0 Å². The number of rotatable bonds is 7. The molecule has 0 aliphatic carbocycles. The van der Waals surface area contributed by atoms with Gasteiger partial charge in [0, 0.05) is 17.8 Å². The second kappa shape index (κ2) is 10.1. The predicted molar refractivity (Wildman–Crippen MR) is 135 cm³/mol. The lowest BCUT2D eigenvalue weighted by Crippen LogP contribution is -2.60. The van der Waals surface area contributed by atoms with E-state index in [-0.39, 0.29) is 13.2 Å². The molecule has 1 spiro atoms. The van der Waals surface area contributed by atoms with Crippen molar-refractivity contribution in [2.45, 2.75) is 69.7 Å². The van der Waals surface area contributed by atoms with Gasteiger partial charge in [-0.05, 0) is 35.1 Å². The second-order valence-electron chi connectivity index (χ2n) is 9.64. The molecule has 2 aliphatic rings. The van der Waals surface area contributed by atoms with E-state index < -0.39 is 35.3 Å². The molecule has 0 unspecified atom stereocenters. The Labute approximate surface area is 209 Å². The van der Waals surface area contributed by atoms with Crippen LogP contribution in [0.4, 0.5) is 0 Å². The third-order valence-corrected chi connectivity index (χ3v) is 7.30. The van der Waals surface area contributed by atoms with Crippen LogP contribution in [0.25, 0.3) is 11.1 Å². The molecule has 1 aromatic heterocycles. The molecule has 36 heavy (non-hydrogen) atoms.